The minimum atomic E-state index is -0.733. The highest BCUT2D eigenvalue weighted by Gasteiger charge is 2.22. The molecule has 0 spiro atoms. The number of hydrogen-bond donors (Lipinski definition) is 1. The summed E-state index contributed by atoms with van der Waals surface area (Å²) in [6.07, 6.45) is 0.213. The van der Waals surface area contributed by atoms with Crippen molar-refractivity contribution in [2.45, 2.75) is 19.4 Å². The molecule has 1 aliphatic rings. The van der Waals surface area contributed by atoms with Crippen molar-refractivity contribution in [1.29, 1.82) is 5.26 Å². The number of piperazine rings is 1. The number of nitriles is 1. The number of carboxylic acid groups (broad SMARTS) is 1. The molecule has 0 aliphatic carbocycles. The predicted molar refractivity (Wildman–Crippen MR) is 79.8 cm³/mol. The molecule has 1 aromatic rings. The van der Waals surface area contributed by atoms with E-state index in [1.807, 2.05) is 24.3 Å². The summed E-state index contributed by atoms with van der Waals surface area (Å²) in [5, 5.41) is 17.5. The van der Waals surface area contributed by atoms with Crippen LogP contribution >= 0.6 is 0 Å². The largest absolute Gasteiger partial charge is 0.481 e. The molecule has 1 heterocycles. The molecule has 5 nitrogen and oxygen atoms in total. The summed E-state index contributed by atoms with van der Waals surface area (Å²) in [6.45, 7) is 6.52. The SMILES string of the molecule is CC(c1ccc(C#N)cc1)N1CCN(CCC(=O)O)CC1. The molecule has 1 atom stereocenters. The summed E-state index contributed by atoms with van der Waals surface area (Å²) >= 11 is 0. The topological polar surface area (TPSA) is 67.6 Å². The van der Waals surface area contributed by atoms with Gasteiger partial charge in [0.1, 0.15) is 0 Å². The van der Waals surface area contributed by atoms with E-state index in [0.29, 0.717) is 18.2 Å². The number of rotatable bonds is 5. The first-order valence-corrected chi connectivity index (χ1v) is 7.28. The Morgan fingerprint density at radius 1 is 1.29 bits per heavy atom. The molecule has 0 radical (unpaired) electrons. The summed E-state index contributed by atoms with van der Waals surface area (Å²) in [5.41, 5.74) is 1.90. The third-order valence-corrected chi connectivity index (χ3v) is 4.12. The van der Waals surface area contributed by atoms with Crippen molar-refractivity contribution in [3.63, 3.8) is 0 Å². The second kappa shape index (κ2) is 7.21. The minimum absolute atomic E-state index is 0.213. The zero-order chi connectivity index (χ0) is 15.2. The Bertz CT molecular complexity index is 513. The van der Waals surface area contributed by atoms with Gasteiger partial charge in [0.2, 0.25) is 0 Å². The van der Waals surface area contributed by atoms with Crippen LogP contribution < -0.4 is 0 Å². The van der Waals surface area contributed by atoms with Crippen molar-refractivity contribution >= 4 is 5.97 Å². The maximum Gasteiger partial charge on any atom is 0.304 e. The number of aliphatic carboxylic acids is 1. The Kier molecular flexibility index (Phi) is 5.32. The molecule has 5 heteroatoms. The molecule has 0 amide bonds. The highest BCUT2D eigenvalue weighted by Crippen LogP contribution is 2.21. The average Bonchev–Trinajstić information content (AvgIpc) is 2.53. The van der Waals surface area contributed by atoms with Gasteiger partial charge in [-0.1, -0.05) is 12.1 Å². The van der Waals surface area contributed by atoms with E-state index < -0.39 is 5.97 Å². The lowest BCUT2D eigenvalue weighted by Crippen LogP contribution is -2.47. The van der Waals surface area contributed by atoms with Crippen molar-refractivity contribution in [3.8, 4) is 6.07 Å². The molecule has 1 saturated heterocycles. The lowest BCUT2D eigenvalue weighted by molar-refractivity contribution is -0.137. The molecule has 112 valence electrons. The van der Waals surface area contributed by atoms with Gasteiger partial charge in [0.25, 0.3) is 0 Å². The van der Waals surface area contributed by atoms with Gasteiger partial charge in [-0.2, -0.15) is 5.26 Å². The summed E-state index contributed by atoms with van der Waals surface area (Å²) in [7, 11) is 0. The summed E-state index contributed by atoms with van der Waals surface area (Å²) in [4.78, 5) is 15.2. The molecule has 0 bridgehead atoms. The molecule has 1 aliphatic heterocycles. The summed E-state index contributed by atoms with van der Waals surface area (Å²) in [6, 6.07) is 10.2. The average molecular weight is 287 g/mol. The summed E-state index contributed by atoms with van der Waals surface area (Å²) < 4.78 is 0. The molecule has 21 heavy (non-hydrogen) atoms. The molecular weight excluding hydrogens is 266 g/mol. The summed E-state index contributed by atoms with van der Waals surface area (Å²) in [5.74, 6) is -0.733. The van der Waals surface area contributed by atoms with Gasteiger partial charge in [0.05, 0.1) is 18.1 Å². The third kappa shape index (κ3) is 4.28. The van der Waals surface area contributed by atoms with Crippen molar-refractivity contribution in [2.75, 3.05) is 32.7 Å². The second-order valence-electron chi connectivity index (χ2n) is 5.43. The first-order valence-electron chi connectivity index (χ1n) is 7.28. The first kappa shape index (κ1) is 15.5. The van der Waals surface area contributed by atoms with E-state index in [9.17, 15) is 4.79 Å². The van der Waals surface area contributed by atoms with Crippen molar-refractivity contribution < 1.29 is 9.90 Å². The second-order valence-corrected chi connectivity index (χ2v) is 5.43. The van der Waals surface area contributed by atoms with Crippen LogP contribution in [0.2, 0.25) is 0 Å². The van der Waals surface area contributed by atoms with Crippen molar-refractivity contribution in [1.82, 2.24) is 9.80 Å². The molecule has 1 fully saturated rings. The van der Waals surface area contributed by atoms with Crippen LogP contribution in [-0.4, -0.2) is 53.6 Å². The predicted octanol–water partition coefficient (Wildman–Crippen LogP) is 1.71. The van der Waals surface area contributed by atoms with Crippen LogP contribution in [0.15, 0.2) is 24.3 Å². The molecule has 2 rings (SSSR count). The Morgan fingerprint density at radius 2 is 1.90 bits per heavy atom. The number of nitrogens with zero attached hydrogens (tertiary/aromatic N) is 3. The van der Waals surface area contributed by atoms with Gasteiger partial charge < -0.3 is 10.0 Å². The van der Waals surface area contributed by atoms with Crippen molar-refractivity contribution in [3.05, 3.63) is 35.4 Å². The fourth-order valence-corrected chi connectivity index (χ4v) is 2.67. The fourth-order valence-electron chi connectivity index (χ4n) is 2.67. The normalized spacial score (nSPS) is 18.1. The maximum atomic E-state index is 10.6. The van der Waals surface area contributed by atoms with Gasteiger partial charge >= 0.3 is 5.97 Å². The Morgan fingerprint density at radius 3 is 2.43 bits per heavy atom. The van der Waals surface area contributed by atoms with Crippen LogP contribution in [0.1, 0.15) is 30.5 Å². The number of benzene rings is 1. The zero-order valence-corrected chi connectivity index (χ0v) is 12.3. The van der Waals surface area contributed by atoms with Crippen LogP contribution in [0.4, 0.5) is 0 Å². The fraction of sp³-hybridized carbons (Fsp3) is 0.500. The molecular formula is C16H21N3O2. The maximum absolute atomic E-state index is 10.6. The van der Waals surface area contributed by atoms with E-state index in [2.05, 4.69) is 22.8 Å². The van der Waals surface area contributed by atoms with Gasteiger partial charge in [0.15, 0.2) is 0 Å². The van der Waals surface area contributed by atoms with E-state index in [0.717, 1.165) is 26.2 Å². The molecule has 1 N–H and O–H groups in total. The number of carboxylic acids is 1. The smallest absolute Gasteiger partial charge is 0.304 e. The van der Waals surface area contributed by atoms with E-state index >= 15 is 0 Å². The quantitative estimate of drug-likeness (QED) is 0.893. The lowest BCUT2D eigenvalue weighted by atomic mass is 10.0. The van der Waals surface area contributed by atoms with Gasteiger partial charge in [-0.3, -0.25) is 9.69 Å². The highest BCUT2D eigenvalue weighted by molar-refractivity contribution is 5.66. The minimum Gasteiger partial charge on any atom is -0.481 e. The zero-order valence-electron chi connectivity index (χ0n) is 12.3. The Labute approximate surface area is 125 Å². The van der Waals surface area contributed by atoms with Crippen LogP contribution in [0, 0.1) is 11.3 Å². The van der Waals surface area contributed by atoms with E-state index in [-0.39, 0.29) is 6.42 Å². The Balaban J connectivity index is 1.86. The van der Waals surface area contributed by atoms with Crippen LogP contribution in [0.5, 0.6) is 0 Å². The lowest BCUT2D eigenvalue weighted by Gasteiger charge is -2.38. The van der Waals surface area contributed by atoms with Crippen LogP contribution in [0.3, 0.4) is 0 Å². The van der Waals surface area contributed by atoms with Gasteiger partial charge in [-0.05, 0) is 24.6 Å². The molecule has 1 aromatic carbocycles. The first-order chi connectivity index (χ1) is 10.1. The van der Waals surface area contributed by atoms with Crippen LogP contribution in [-0.2, 0) is 4.79 Å². The number of carbonyl (C=O) groups is 1. The van der Waals surface area contributed by atoms with Gasteiger partial charge in [0, 0.05) is 38.8 Å². The van der Waals surface area contributed by atoms with Crippen molar-refractivity contribution in [2.24, 2.45) is 0 Å². The molecule has 1 unspecified atom stereocenters. The Hall–Kier alpha value is -1.90. The van der Waals surface area contributed by atoms with Gasteiger partial charge in [-0.15, -0.1) is 0 Å². The van der Waals surface area contributed by atoms with Gasteiger partial charge in [-0.25, -0.2) is 0 Å². The van der Waals surface area contributed by atoms with E-state index in [4.69, 9.17) is 10.4 Å². The van der Waals surface area contributed by atoms with E-state index in [1.54, 1.807) is 0 Å². The van der Waals surface area contributed by atoms with E-state index in [1.165, 1.54) is 5.56 Å². The number of hydrogen-bond acceptors (Lipinski definition) is 4. The highest BCUT2D eigenvalue weighted by atomic mass is 16.4. The monoisotopic (exact) mass is 287 g/mol. The van der Waals surface area contributed by atoms with Crippen LogP contribution in [0.25, 0.3) is 0 Å². The molecule has 0 saturated carbocycles. The standard InChI is InChI=1S/C16H21N3O2/c1-13(15-4-2-14(12-17)3-5-15)19-10-8-18(9-11-19)7-6-16(20)21/h2-5,13H,6-11H2,1H3,(H,20,21). The molecule has 0 aromatic heterocycles. The third-order valence-electron chi connectivity index (χ3n) is 4.12.